The van der Waals surface area contributed by atoms with Crippen LogP contribution in [-0.4, -0.2) is 4.99 Å². The lowest BCUT2D eigenvalue weighted by Crippen LogP contribution is -2.25. The van der Waals surface area contributed by atoms with Crippen molar-refractivity contribution in [2.24, 2.45) is 0 Å². The lowest BCUT2D eigenvalue weighted by molar-refractivity contribution is 1.03. The third kappa shape index (κ3) is 1.95. The van der Waals surface area contributed by atoms with Gasteiger partial charge in [0.05, 0.1) is 5.69 Å². The fraction of sp³-hybridized carbons (Fsp3) is 0.0556. The molecule has 0 fully saturated rings. The Balaban J connectivity index is 1.88. The lowest BCUT2D eigenvalue weighted by Gasteiger charge is -2.20. The van der Waals surface area contributed by atoms with E-state index in [2.05, 4.69) is 47.4 Å². The van der Waals surface area contributed by atoms with Crippen LogP contribution in [0.3, 0.4) is 0 Å². The fourth-order valence-corrected chi connectivity index (χ4v) is 3.49. The van der Waals surface area contributed by atoms with Gasteiger partial charge in [0.25, 0.3) is 0 Å². The summed E-state index contributed by atoms with van der Waals surface area (Å²) in [5.41, 5.74) is 3.51. The smallest absolute Gasteiger partial charge is 0.114 e. The Labute approximate surface area is 133 Å². The minimum Gasteiger partial charge on any atom is -0.327 e. The Morgan fingerprint density at radius 2 is 1.71 bits per heavy atom. The van der Waals surface area contributed by atoms with Crippen molar-refractivity contribution in [1.82, 2.24) is 0 Å². The highest BCUT2D eigenvalue weighted by atomic mass is 35.5. The van der Waals surface area contributed by atoms with E-state index in [1.807, 2.05) is 18.2 Å². The first-order valence-corrected chi connectivity index (χ1v) is 7.61. The van der Waals surface area contributed by atoms with Crippen LogP contribution < -0.4 is 4.90 Å². The standard InChI is InChI=1S/C18H12ClNS/c19-15-9-10-16-17-13(15)7-4-8-14(17)18(21)20(16)11-12-5-2-1-3-6-12/h1-10H,11H2. The molecule has 21 heavy (non-hydrogen) atoms. The van der Waals surface area contributed by atoms with Gasteiger partial charge < -0.3 is 4.90 Å². The molecule has 0 saturated heterocycles. The second-order valence-corrected chi connectivity index (χ2v) is 5.97. The van der Waals surface area contributed by atoms with Crippen molar-refractivity contribution < 1.29 is 0 Å². The maximum Gasteiger partial charge on any atom is 0.114 e. The van der Waals surface area contributed by atoms with E-state index in [-0.39, 0.29) is 0 Å². The van der Waals surface area contributed by atoms with Crippen LogP contribution in [0.15, 0.2) is 60.7 Å². The molecule has 1 aliphatic heterocycles. The summed E-state index contributed by atoms with van der Waals surface area (Å²) in [5, 5.41) is 3.02. The Bertz CT molecular complexity index is 858. The molecule has 0 saturated carbocycles. The minimum atomic E-state index is 0.778. The molecule has 3 aromatic rings. The molecule has 1 heterocycles. The summed E-state index contributed by atoms with van der Waals surface area (Å²) in [6.07, 6.45) is 0. The summed E-state index contributed by atoms with van der Waals surface area (Å²) in [6, 6.07) is 20.6. The molecule has 0 radical (unpaired) electrons. The number of nitrogens with zero attached hydrogens (tertiary/aromatic N) is 1. The molecule has 102 valence electrons. The zero-order chi connectivity index (χ0) is 14.4. The summed E-state index contributed by atoms with van der Waals surface area (Å²) in [6.45, 7) is 0.783. The highest BCUT2D eigenvalue weighted by Crippen LogP contribution is 2.41. The normalized spacial score (nSPS) is 13.2. The van der Waals surface area contributed by atoms with Crippen molar-refractivity contribution in [3.8, 4) is 0 Å². The molecule has 0 aromatic heterocycles. The number of thiocarbonyl (C=S) groups is 1. The monoisotopic (exact) mass is 309 g/mol. The maximum absolute atomic E-state index is 6.32. The topological polar surface area (TPSA) is 3.24 Å². The number of hydrogen-bond donors (Lipinski definition) is 0. The van der Waals surface area contributed by atoms with E-state index in [9.17, 15) is 0 Å². The van der Waals surface area contributed by atoms with Crippen LogP contribution in [-0.2, 0) is 6.54 Å². The van der Waals surface area contributed by atoms with Crippen LogP contribution in [0.5, 0.6) is 0 Å². The fourth-order valence-electron chi connectivity index (χ4n) is 2.93. The van der Waals surface area contributed by atoms with E-state index in [4.69, 9.17) is 23.8 Å². The number of benzene rings is 3. The molecule has 3 heteroatoms. The van der Waals surface area contributed by atoms with Crippen molar-refractivity contribution in [1.29, 1.82) is 0 Å². The second-order valence-electron chi connectivity index (χ2n) is 5.17. The first kappa shape index (κ1) is 12.8. The van der Waals surface area contributed by atoms with E-state index >= 15 is 0 Å². The van der Waals surface area contributed by atoms with Crippen molar-refractivity contribution in [3.63, 3.8) is 0 Å². The van der Waals surface area contributed by atoms with Crippen LogP contribution in [0.4, 0.5) is 5.69 Å². The molecule has 0 unspecified atom stereocenters. The Hall–Kier alpha value is -1.90. The van der Waals surface area contributed by atoms with E-state index in [0.29, 0.717) is 0 Å². The van der Waals surface area contributed by atoms with Crippen molar-refractivity contribution >= 4 is 45.3 Å². The van der Waals surface area contributed by atoms with Crippen molar-refractivity contribution in [2.75, 3.05) is 4.90 Å². The zero-order valence-electron chi connectivity index (χ0n) is 11.2. The van der Waals surface area contributed by atoms with Crippen LogP contribution in [0.2, 0.25) is 5.02 Å². The number of rotatable bonds is 2. The van der Waals surface area contributed by atoms with E-state index in [1.165, 1.54) is 10.9 Å². The molecule has 1 nitrogen and oxygen atoms in total. The van der Waals surface area contributed by atoms with Gasteiger partial charge in [-0.1, -0.05) is 72.3 Å². The summed E-state index contributed by atoms with van der Waals surface area (Å²) >= 11 is 12.0. The number of anilines is 1. The van der Waals surface area contributed by atoms with Gasteiger partial charge in [0.15, 0.2) is 0 Å². The first-order chi connectivity index (χ1) is 10.3. The minimum absolute atomic E-state index is 0.778. The predicted molar refractivity (Wildman–Crippen MR) is 93.3 cm³/mol. The molecule has 0 spiro atoms. The second kappa shape index (κ2) is 4.83. The molecule has 0 bridgehead atoms. The Morgan fingerprint density at radius 1 is 0.905 bits per heavy atom. The molecule has 0 N–H and O–H groups in total. The largest absolute Gasteiger partial charge is 0.327 e. The first-order valence-electron chi connectivity index (χ1n) is 6.83. The molecule has 1 aliphatic rings. The summed E-state index contributed by atoms with van der Waals surface area (Å²) < 4.78 is 0. The molecular weight excluding hydrogens is 298 g/mol. The van der Waals surface area contributed by atoms with Gasteiger partial charge in [0.2, 0.25) is 0 Å². The molecule has 0 aliphatic carbocycles. The van der Waals surface area contributed by atoms with Crippen LogP contribution in [0.1, 0.15) is 11.1 Å². The third-order valence-electron chi connectivity index (χ3n) is 3.92. The van der Waals surface area contributed by atoms with Crippen LogP contribution in [0, 0.1) is 0 Å². The highest BCUT2D eigenvalue weighted by molar-refractivity contribution is 7.81. The van der Waals surface area contributed by atoms with Crippen molar-refractivity contribution in [3.05, 3.63) is 76.8 Å². The molecule has 0 amide bonds. The van der Waals surface area contributed by atoms with Gasteiger partial charge in [-0.05, 0) is 17.7 Å². The summed E-state index contributed by atoms with van der Waals surface area (Å²) in [7, 11) is 0. The Morgan fingerprint density at radius 3 is 2.52 bits per heavy atom. The van der Waals surface area contributed by atoms with E-state index in [0.717, 1.165) is 33.2 Å². The zero-order valence-corrected chi connectivity index (χ0v) is 12.8. The lowest BCUT2D eigenvalue weighted by atomic mass is 10.1. The van der Waals surface area contributed by atoms with Gasteiger partial charge in [-0.25, -0.2) is 0 Å². The highest BCUT2D eigenvalue weighted by Gasteiger charge is 2.27. The summed E-state index contributed by atoms with van der Waals surface area (Å²) in [4.78, 5) is 3.07. The quantitative estimate of drug-likeness (QED) is 0.599. The molecule has 3 aromatic carbocycles. The van der Waals surface area contributed by atoms with Crippen LogP contribution in [0.25, 0.3) is 10.8 Å². The van der Waals surface area contributed by atoms with Crippen LogP contribution >= 0.6 is 23.8 Å². The molecular formula is C18H12ClNS. The van der Waals surface area contributed by atoms with Gasteiger partial charge in [0, 0.05) is 27.9 Å². The summed E-state index contributed by atoms with van der Waals surface area (Å²) in [5.74, 6) is 0. The van der Waals surface area contributed by atoms with Gasteiger partial charge in [0.1, 0.15) is 4.99 Å². The van der Waals surface area contributed by atoms with E-state index < -0.39 is 0 Å². The number of halogens is 1. The third-order valence-corrected chi connectivity index (χ3v) is 4.69. The molecule has 0 atom stereocenters. The van der Waals surface area contributed by atoms with E-state index in [1.54, 1.807) is 0 Å². The van der Waals surface area contributed by atoms with Gasteiger partial charge in [-0.15, -0.1) is 0 Å². The van der Waals surface area contributed by atoms with Gasteiger partial charge in [-0.3, -0.25) is 0 Å². The average Bonchev–Trinajstić information content (AvgIpc) is 2.79. The SMILES string of the molecule is S=C1c2cccc3c(Cl)ccc(c23)N1Cc1ccccc1. The van der Waals surface area contributed by atoms with Crippen molar-refractivity contribution in [2.45, 2.75) is 6.54 Å². The number of hydrogen-bond acceptors (Lipinski definition) is 1. The van der Waals surface area contributed by atoms with Gasteiger partial charge >= 0.3 is 0 Å². The maximum atomic E-state index is 6.32. The predicted octanol–water partition coefficient (Wildman–Crippen LogP) is 5.19. The molecule has 4 rings (SSSR count). The van der Waals surface area contributed by atoms with Gasteiger partial charge in [-0.2, -0.15) is 0 Å². The average molecular weight is 310 g/mol. The Kier molecular flexibility index (Phi) is 2.95.